The quantitative estimate of drug-likeness (QED) is 0.846. The summed E-state index contributed by atoms with van der Waals surface area (Å²) in [4.78, 5) is 18.5. The van der Waals surface area contributed by atoms with Crippen LogP contribution in [-0.4, -0.2) is 27.8 Å². The summed E-state index contributed by atoms with van der Waals surface area (Å²) in [7, 11) is 0. The molecule has 2 aliphatic heterocycles. The Morgan fingerprint density at radius 2 is 1.79 bits per heavy atom. The summed E-state index contributed by atoms with van der Waals surface area (Å²) in [6, 6.07) is 15.0. The molecular formula is C20H22N2O2. The van der Waals surface area contributed by atoms with Crippen LogP contribution in [0.15, 0.2) is 48.7 Å². The van der Waals surface area contributed by atoms with E-state index in [9.17, 15) is 4.79 Å². The number of carbonyl (C=O) groups excluding carboxylic acids is 1. The highest BCUT2D eigenvalue weighted by atomic mass is 16.5. The number of rotatable bonds is 5. The fourth-order valence-electron chi connectivity index (χ4n) is 3.86. The van der Waals surface area contributed by atoms with Crippen molar-refractivity contribution >= 4 is 5.78 Å². The van der Waals surface area contributed by atoms with Gasteiger partial charge in [0.25, 0.3) is 0 Å². The Bertz CT molecular complexity index is 683. The minimum absolute atomic E-state index is 0.442. The van der Waals surface area contributed by atoms with E-state index in [1.807, 2.05) is 30.3 Å². The lowest BCUT2D eigenvalue weighted by atomic mass is 10.0. The van der Waals surface area contributed by atoms with Crippen LogP contribution < -0.4 is 4.74 Å². The van der Waals surface area contributed by atoms with E-state index in [1.165, 1.54) is 18.4 Å². The molecule has 0 radical (unpaired) electrons. The minimum Gasteiger partial charge on any atom is -0.487 e. The van der Waals surface area contributed by atoms with Crippen molar-refractivity contribution in [3.05, 3.63) is 59.9 Å². The van der Waals surface area contributed by atoms with Gasteiger partial charge in [0.05, 0.1) is 5.69 Å². The number of carbonyl (C=O) groups is 1. The van der Waals surface area contributed by atoms with Gasteiger partial charge < -0.3 is 4.74 Å². The summed E-state index contributed by atoms with van der Waals surface area (Å²) in [5.41, 5.74) is 2.21. The van der Waals surface area contributed by atoms with E-state index in [0.717, 1.165) is 30.8 Å². The Morgan fingerprint density at radius 1 is 1.04 bits per heavy atom. The van der Waals surface area contributed by atoms with E-state index in [2.05, 4.69) is 22.0 Å². The third kappa shape index (κ3) is 3.34. The molecule has 0 unspecified atom stereocenters. The van der Waals surface area contributed by atoms with Gasteiger partial charge >= 0.3 is 0 Å². The van der Waals surface area contributed by atoms with Crippen molar-refractivity contribution in [2.75, 3.05) is 0 Å². The van der Waals surface area contributed by atoms with Crippen molar-refractivity contribution in [1.82, 2.24) is 9.88 Å². The van der Waals surface area contributed by atoms with Gasteiger partial charge in [-0.05, 0) is 42.7 Å². The van der Waals surface area contributed by atoms with Crippen molar-refractivity contribution in [3.8, 4) is 5.75 Å². The molecule has 0 aliphatic carbocycles. The van der Waals surface area contributed by atoms with Crippen LogP contribution in [0.4, 0.5) is 0 Å². The predicted molar refractivity (Wildman–Crippen MR) is 91.6 cm³/mol. The fraction of sp³-hybridized carbons (Fsp3) is 0.400. The lowest BCUT2D eigenvalue weighted by Gasteiger charge is -2.33. The average molecular weight is 322 g/mol. The number of benzene rings is 1. The molecule has 2 aliphatic rings. The second-order valence-corrected chi connectivity index (χ2v) is 6.76. The molecule has 0 amide bonds. The van der Waals surface area contributed by atoms with Gasteiger partial charge in [-0.1, -0.05) is 18.2 Å². The van der Waals surface area contributed by atoms with Crippen LogP contribution in [0.2, 0.25) is 0 Å². The Labute approximate surface area is 142 Å². The molecule has 0 N–H and O–H groups in total. The Morgan fingerprint density at radius 3 is 2.46 bits per heavy atom. The van der Waals surface area contributed by atoms with Crippen LogP contribution >= 0.6 is 0 Å². The Hall–Kier alpha value is -2.20. The zero-order valence-electron chi connectivity index (χ0n) is 13.7. The normalized spacial score (nSPS) is 23.4. The number of hydrogen-bond donors (Lipinski definition) is 0. The number of piperidine rings is 1. The zero-order valence-corrected chi connectivity index (χ0v) is 13.7. The highest BCUT2D eigenvalue weighted by Crippen LogP contribution is 2.35. The van der Waals surface area contributed by atoms with Gasteiger partial charge in [-0.15, -0.1) is 0 Å². The molecule has 24 heavy (non-hydrogen) atoms. The number of hydrogen-bond acceptors (Lipinski definition) is 4. The van der Waals surface area contributed by atoms with Crippen molar-refractivity contribution in [1.29, 1.82) is 0 Å². The van der Waals surface area contributed by atoms with Gasteiger partial charge in [-0.25, -0.2) is 0 Å². The maximum Gasteiger partial charge on any atom is 0.136 e. The van der Waals surface area contributed by atoms with E-state index >= 15 is 0 Å². The highest BCUT2D eigenvalue weighted by Gasteiger charge is 2.39. The molecule has 4 rings (SSSR count). The second-order valence-electron chi connectivity index (χ2n) is 6.76. The topological polar surface area (TPSA) is 42.4 Å². The van der Waals surface area contributed by atoms with E-state index in [1.54, 1.807) is 6.20 Å². The molecule has 1 aromatic carbocycles. The zero-order chi connectivity index (χ0) is 16.4. The molecule has 2 saturated heterocycles. The van der Waals surface area contributed by atoms with Crippen LogP contribution in [0.5, 0.6) is 5.75 Å². The van der Waals surface area contributed by atoms with Crippen LogP contribution in [0.25, 0.3) is 0 Å². The highest BCUT2D eigenvalue weighted by molar-refractivity contribution is 5.80. The standard InChI is InChI=1S/C20H22N2O2/c23-19-11-17-6-7-18(12-19)22(17)13-15-4-8-20(9-5-15)24-14-16-3-1-2-10-21-16/h1-5,8-10,17-18H,6-7,11-14H2/t17-,18+. The van der Waals surface area contributed by atoms with E-state index in [-0.39, 0.29) is 0 Å². The Kier molecular flexibility index (Phi) is 4.30. The van der Waals surface area contributed by atoms with Crippen LogP contribution in [0, 0.1) is 0 Å². The molecule has 0 saturated carbocycles. The van der Waals surface area contributed by atoms with Gasteiger partial charge in [0.1, 0.15) is 18.1 Å². The first-order chi connectivity index (χ1) is 11.8. The number of pyridine rings is 1. The fourth-order valence-corrected chi connectivity index (χ4v) is 3.86. The SMILES string of the molecule is O=C1C[C@H]2CC[C@@H](C1)N2Cc1ccc(OCc2ccccn2)cc1. The molecule has 4 nitrogen and oxygen atoms in total. The summed E-state index contributed by atoms with van der Waals surface area (Å²) in [5, 5.41) is 0. The Balaban J connectivity index is 1.35. The van der Waals surface area contributed by atoms with Gasteiger partial charge in [-0.2, -0.15) is 0 Å². The van der Waals surface area contributed by atoms with Crippen LogP contribution in [-0.2, 0) is 17.9 Å². The summed E-state index contributed by atoms with van der Waals surface area (Å²) < 4.78 is 5.78. The largest absolute Gasteiger partial charge is 0.487 e. The number of Topliss-reactive ketones (excluding diaryl/α,β-unsaturated/α-hetero) is 1. The lowest BCUT2D eigenvalue weighted by molar-refractivity contribution is -0.123. The smallest absolute Gasteiger partial charge is 0.136 e. The first-order valence-electron chi connectivity index (χ1n) is 8.67. The molecule has 2 fully saturated rings. The maximum absolute atomic E-state index is 11.7. The molecule has 1 aromatic heterocycles. The lowest BCUT2D eigenvalue weighted by Crippen LogP contribution is -2.42. The van der Waals surface area contributed by atoms with Gasteiger partial charge in [0, 0.05) is 37.7 Å². The molecule has 2 bridgehead atoms. The third-order valence-corrected chi connectivity index (χ3v) is 5.10. The molecule has 124 valence electrons. The second kappa shape index (κ2) is 6.73. The summed E-state index contributed by atoms with van der Waals surface area (Å²) in [6.07, 6.45) is 5.59. The number of fused-ring (bicyclic) bond motifs is 2. The maximum atomic E-state index is 11.7. The summed E-state index contributed by atoms with van der Waals surface area (Å²) in [5.74, 6) is 1.30. The summed E-state index contributed by atoms with van der Waals surface area (Å²) >= 11 is 0. The third-order valence-electron chi connectivity index (χ3n) is 5.10. The first kappa shape index (κ1) is 15.3. The number of ether oxygens (including phenoxy) is 1. The molecule has 0 spiro atoms. The molecular weight excluding hydrogens is 300 g/mol. The molecule has 2 aromatic rings. The van der Waals surface area contributed by atoms with Crippen molar-refractivity contribution in [2.45, 2.75) is 50.9 Å². The first-order valence-corrected chi connectivity index (χ1v) is 8.67. The van der Waals surface area contributed by atoms with Gasteiger partial charge in [-0.3, -0.25) is 14.7 Å². The van der Waals surface area contributed by atoms with Gasteiger partial charge in [0.15, 0.2) is 0 Å². The van der Waals surface area contributed by atoms with E-state index in [4.69, 9.17) is 4.74 Å². The van der Waals surface area contributed by atoms with Crippen LogP contribution in [0.1, 0.15) is 36.9 Å². The molecule has 4 heteroatoms. The molecule has 3 heterocycles. The molecule has 2 atom stereocenters. The van der Waals surface area contributed by atoms with Crippen molar-refractivity contribution < 1.29 is 9.53 Å². The van der Waals surface area contributed by atoms with E-state index < -0.39 is 0 Å². The average Bonchev–Trinajstić information content (AvgIpc) is 2.85. The number of nitrogens with zero attached hydrogens (tertiary/aromatic N) is 2. The van der Waals surface area contributed by atoms with Gasteiger partial charge in [0.2, 0.25) is 0 Å². The number of aromatic nitrogens is 1. The monoisotopic (exact) mass is 322 g/mol. The predicted octanol–water partition coefficient (Wildman–Crippen LogP) is 3.36. The van der Waals surface area contributed by atoms with E-state index in [0.29, 0.717) is 24.5 Å². The summed E-state index contributed by atoms with van der Waals surface area (Å²) in [6.45, 7) is 1.42. The number of ketones is 1. The minimum atomic E-state index is 0.442. The van der Waals surface area contributed by atoms with Crippen molar-refractivity contribution in [3.63, 3.8) is 0 Å². The van der Waals surface area contributed by atoms with Crippen LogP contribution in [0.3, 0.4) is 0 Å². The van der Waals surface area contributed by atoms with Crippen molar-refractivity contribution in [2.24, 2.45) is 0 Å².